The summed E-state index contributed by atoms with van der Waals surface area (Å²) >= 11 is 0. The molecule has 0 aliphatic carbocycles. The number of hydrogen-bond donors (Lipinski definition) is 2. The van der Waals surface area contributed by atoms with E-state index in [0.717, 1.165) is 31.6 Å². The van der Waals surface area contributed by atoms with Crippen molar-refractivity contribution in [1.29, 1.82) is 0 Å². The van der Waals surface area contributed by atoms with Gasteiger partial charge in [0.05, 0.1) is 13.4 Å². The van der Waals surface area contributed by atoms with Crippen LogP contribution in [0.15, 0.2) is 30.3 Å². The van der Waals surface area contributed by atoms with E-state index in [9.17, 15) is 9.90 Å². The monoisotopic (exact) mass is 261 g/mol. The van der Waals surface area contributed by atoms with Crippen LogP contribution in [-0.4, -0.2) is 47.9 Å². The summed E-state index contributed by atoms with van der Waals surface area (Å²) in [5.41, 5.74) is 0.644. The Bertz CT molecular complexity index is 455. The first-order valence-corrected chi connectivity index (χ1v) is 6.70. The molecular formula is C14H19N3O2. The molecule has 19 heavy (non-hydrogen) atoms. The number of carbonyl (C=O) groups excluding carboxylic acids is 1. The zero-order valence-electron chi connectivity index (χ0n) is 10.9. The molecule has 3 rings (SSSR count). The Morgan fingerprint density at radius 1 is 1.21 bits per heavy atom. The lowest BCUT2D eigenvalue weighted by Gasteiger charge is -2.42. The summed E-state index contributed by atoms with van der Waals surface area (Å²) in [5.74, 6) is 0.119. The first-order chi connectivity index (χ1) is 9.26. The molecule has 5 heteroatoms. The molecule has 2 saturated heterocycles. The average Bonchev–Trinajstić information content (AvgIpc) is 2.78. The standard InChI is InChI=1S/C14H19N3O2/c18-11-16-8-6-14(7-9-16)13(19)15-10-17(14)12-4-2-1-3-5-12/h1-5,18H,6-11H2,(H,15,19). The number of anilines is 1. The number of para-hydroxylation sites is 1. The number of carbonyl (C=O) groups is 1. The van der Waals surface area contributed by atoms with Crippen LogP contribution in [0.1, 0.15) is 12.8 Å². The highest BCUT2D eigenvalue weighted by molar-refractivity contribution is 5.93. The first-order valence-electron chi connectivity index (χ1n) is 6.70. The van der Waals surface area contributed by atoms with Gasteiger partial charge in [-0.1, -0.05) is 18.2 Å². The van der Waals surface area contributed by atoms with E-state index in [0.29, 0.717) is 6.67 Å². The molecule has 1 amide bonds. The predicted octanol–water partition coefficient (Wildman–Crippen LogP) is 0.365. The van der Waals surface area contributed by atoms with Gasteiger partial charge in [-0.2, -0.15) is 0 Å². The third-order valence-corrected chi connectivity index (χ3v) is 4.29. The Morgan fingerprint density at radius 2 is 1.89 bits per heavy atom. The van der Waals surface area contributed by atoms with Gasteiger partial charge in [0, 0.05) is 18.8 Å². The average molecular weight is 261 g/mol. The van der Waals surface area contributed by atoms with Crippen molar-refractivity contribution in [2.75, 3.05) is 31.4 Å². The minimum absolute atomic E-state index is 0.0725. The number of nitrogens with one attached hydrogen (secondary N) is 1. The highest BCUT2D eigenvalue weighted by atomic mass is 16.3. The molecule has 2 fully saturated rings. The van der Waals surface area contributed by atoms with Gasteiger partial charge in [-0.3, -0.25) is 9.69 Å². The van der Waals surface area contributed by atoms with E-state index in [2.05, 4.69) is 10.2 Å². The van der Waals surface area contributed by atoms with E-state index < -0.39 is 5.54 Å². The van der Waals surface area contributed by atoms with Crippen molar-refractivity contribution in [2.45, 2.75) is 18.4 Å². The van der Waals surface area contributed by atoms with E-state index in [1.807, 2.05) is 35.2 Å². The minimum atomic E-state index is -0.437. The molecule has 2 aliphatic heterocycles. The van der Waals surface area contributed by atoms with Crippen molar-refractivity contribution in [3.63, 3.8) is 0 Å². The van der Waals surface area contributed by atoms with Gasteiger partial charge in [-0.05, 0) is 25.0 Å². The fourth-order valence-corrected chi connectivity index (χ4v) is 3.10. The van der Waals surface area contributed by atoms with Crippen LogP contribution in [-0.2, 0) is 4.79 Å². The molecule has 1 spiro atoms. The summed E-state index contributed by atoms with van der Waals surface area (Å²) in [7, 11) is 0. The lowest BCUT2D eigenvalue weighted by Crippen LogP contribution is -2.56. The number of nitrogens with zero attached hydrogens (tertiary/aromatic N) is 2. The molecule has 0 aromatic heterocycles. The number of benzene rings is 1. The fourth-order valence-electron chi connectivity index (χ4n) is 3.10. The van der Waals surface area contributed by atoms with E-state index in [-0.39, 0.29) is 12.6 Å². The lowest BCUT2D eigenvalue weighted by molar-refractivity contribution is -0.125. The maximum absolute atomic E-state index is 12.3. The lowest BCUT2D eigenvalue weighted by atomic mass is 9.86. The Morgan fingerprint density at radius 3 is 2.53 bits per heavy atom. The first kappa shape index (κ1) is 12.4. The van der Waals surface area contributed by atoms with Crippen LogP contribution in [0.25, 0.3) is 0 Å². The molecule has 5 nitrogen and oxygen atoms in total. The quantitative estimate of drug-likeness (QED) is 0.807. The van der Waals surface area contributed by atoms with Crippen molar-refractivity contribution in [3.8, 4) is 0 Å². The van der Waals surface area contributed by atoms with Crippen molar-refractivity contribution >= 4 is 11.6 Å². The highest BCUT2D eigenvalue weighted by Crippen LogP contribution is 2.35. The van der Waals surface area contributed by atoms with E-state index in [4.69, 9.17) is 0 Å². The molecule has 2 N–H and O–H groups in total. The summed E-state index contributed by atoms with van der Waals surface area (Å²) in [6.07, 6.45) is 1.52. The van der Waals surface area contributed by atoms with Gasteiger partial charge in [0.25, 0.3) is 0 Å². The van der Waals surface area contributed by atoms with Gasteiger partial charge < -0.3 is 15.3 Å². The van der Waals surface area contributed by atoms with E-state index in [1.54, 1.807) is 0 Å². The molecule has 2 aliphatic rings. The third-order valence-electron chi connectivity index (χ3n) is 4.29. The van der Waals surface area contributed by atoms with Crippen molar-refractivity contribution in [3.05, 3.63) is 30.3 Å². The maximum atomic E-state index is 12.3. The fraction of sp³-hybridized carbons (Fsp3) is 0.500. The molecule has 1 aromatic rings. The SMILES string of the molecule is O=C1NCN(c2ccccc2)C12CCN(CO)CC2. The Labute approximate surface area is 112 Å². The van der Waals surface area contributed by atoms with Crippen LogP contribution in [0.3, 0.4) is 0 Å². The molecule has 0 atom stereocenters. The number of hydrogen-bond acceptors (Lipinski definition) is 4. The summed E-state index contributed by atoms with van der Waals surface area (Å²) in [6.45, 7) is 2.16. The largest absolute Gasteiger partial charge is 0.381 e. The molecule has 2 heterocycles. The van der Waals surface area contributed by atoms with Crippen LogP contribution in [0.5, 0.6) is 0 Å². The van der Waals surface area contributed by atoms with Gasteiger partial charge in [-0.15, -0.1) is 0 Å². The van der Waals surface area contributed by atoms with Crippen LogP contribution in [0.4, 0.5) is 5.69 Å². The van der Waals surface area contributed by atoms with Crippen molar-refractivity contribution in [1.82, 2.24) is 10.2 Å². The molecule has 0 saturated carbocycles. The number of aliphatic hydroxyl groups excluding tert-OH is 1. The smallest absolute Gasteiger partial charge is 0.247 e. The molecule has 1 aromatic carbocycles. The van der Waals surface area contributed by atoms with Gasteiger partial charge in [0.15, 0.2) is 0 Å². The Kier molecular flexibility index (Phi) is 3.16. The zero-order valence-corrected chi connectivity index (χ0v) is 10.9. The minimum Gasteiger partial charge on any atom is -0.381 e. The second-order valence-corrected chi connectivity index (χ2v) is 5.22. The van der Waals surface area contributed by atoms with Crippen LogP contribution in [0.2, 0.25) is 0 Å². The number of likely N-dealkylation sites (tertiary alicyclic amines) is 1. The van der Waals surface area contributed by atoms with E-state index in [1.165, 1.54) is 0 Å². The molecular weight excluding hydrogens is 242 g/mol. The Hall–Kier alpha value is -1.59. The number of rotatable bonds is 2. The highest BCUT2D eigenvalue weighted by Gasteiger charge is 2.50. The normalized spacial score (nSPS) is 22.8. The van der Waals surface area contributed by atoms with Crippen LogP contribution < -0.4 is 10.2 Å². The topological polar surface area (TPSA) is 55.8 Å². The van der Waals surface area contributed by atoms with Crippen LogP contribution in [0, 0.1) is 0 Å². The molecule has 0 radical (unpaired) electrons. The van der Waals surface area contributed by atoms with Gasteiger partial charge in [0.2, 0.25) is 5.91 Å². The number of amides is 1. The predicted molar refractivity (Wildman–Crippen MR) is 72.6 cm³/mol. The number of aliphatic hydroxyl groups is 1. The zero-order chi connectivity index (χ0) is 13.3. The van der Waals surface area contributed by atoms with Crippen molar-refractivity contribution < 1.29 is 9.90 Å². The summed E-state index contributed by atoms with van der Waals surface area (Å²) < 4.78 is 0. The third kappa shape index (κ3) is 1.99. The second kappa shape index (κ2) is 4.83. The van der Waals surface area contributed by atoms with E-state index >= 15 is 0 Å². The molecule has 102 valence electrons. The van der Waals surface area contributed by atoms with Gasteiger partial charge in [-0.25, -0.2) is 0 Å². The number of piperidine rings is 1. The maximum Gasteiger partial charge on any atom is 0.247 e. The van der Waals surface area contributed by atoms with Crippen molar-refractivity contribution in [2.24, 2.45) is 0 Å². The Balaban J connectivity index is 1.87. The molecule has 0 bridgehead atoms. The molecule has 0 unspecified atom stereocenters. The van der Waals surface area contributed by atoms with Crippen LogP contribution >= 0.6 is 0 Å². The summed E-state index contributed by atoms with van der Waals surface area (Å²) in [6, 6.07) is 10.1. The second-order valence-electron chi connectivity index (χ2n) is 5.22. The summed E-state index contributed by atoms with van der Waals surface area (Å²) in [5, 5.41) is 12.2. The van der Waals surface area contributed by atoms with Gasteiger partial charge >= 0.3 is 0 Å². The van der Waals surface area contributed by atoms with Gasteiger partial charge in [0.1, 0.15) is 5.54 Å². The summed E-state index contributed by atoms with van der Waals surface area (Å²) in [4.78, 5) is 16.4.